The molecule has 0 aromatic heterocycles. The predicted molar refractivity (Wildman–Crippen MR) is 80.2 cm³/mol. The number of benzene rings is 1. The molecule has 21 heavy (non-hydrogen) atoms. The Balaban J connectivity index is 1.33. The van der Waals surface area contributed by atoms with Crippen LogP contribution in [0.4, 0.5) is 0 Å². The molecule has 2 heterocycles. The van der Waals surface area contributed by atoms with Crippen molar-refractivity contribution in [2.75, 3.05) is 32.8 Å². The third-order valence-corrected chi connectivity index (χ3v) is 4.77. The molecule has 112 valence electrons. The van der Waals surface area contributed by atoms with Gasteiger partial charge in [-0.05, 0) is 30.0 Å². The standard InChI is InChI=1S/C17H22N2O2/c20-17(14-2-3-14)19-8-6-18(7-9-19)12-13-1-4-16-15(11-13)5-10-21-16/h1,4,11,14H,2-3,5-10,12H2. The minimum absolute atomic E-state index is 0.355. The SMILES string of the molecule is O=C(C1CC1)N1CCN(Cc2ccc3c(c2)CCO3)CC1. The van der Waals surface area contributed by atoms with Gasteiger partial charge in [0.15, 0.2) is 0 Å². The molecule has 1 aromatic rings. The van der Waals surface area contributed by atoms with Crippen LogP contribution in [0.5, 0.6) is 5.75 Å². The lowest BCUT2D eigenvalue weighted by molar-refractivity contribution is -0.134. The largest absolute Gasteiger partial charge is 0.493 e. The van der Waals surface area contributed by atoms with E-state index in [0.29, 0.717) is 11.8 Å². The zero-order chi connectivity index (χ0) is 14.2. The first-order valence-electron chi connectivity index (χ1n) is 8.05. The fraction of sp³-hybridized carbons (Fsp3) is 0.588. The summed E-state index contributed by atoms with van der Waals surface area (Å²) in [6.45, 7) is 5.57. The van der Waals surface area contributed by atoms with E-state index in [1.54, 1.807) is 0 Å². The fourth-order valence-corrected chi connectivity index (χ4v) is 3.31. The van der Waals surface area contributed by atoms with Gasteiger partial charge in [0.25, 0.3) is 0 Å². The minimum atomic E-state index is 0.355. The fourth-order valence-electron chi connectivity index (χ4n) is 3.31. The summed E-state index contributed by atoms with van der Waals surface area (Å²) in [5.41, 5.74) is 2.70. The molecule has 2 fully saturated rings. The maximum absolute atomic E-state index is 12.0. The molecule has 4 rings (SSSR count). The second-order valence-electron chi connectivity index (χ2n) is 6.42. The number of ether oxygens (including phenoxy) is 1. The van der Waals surface area contributed by atoms with E-state index in [-0.39, 0.29) is 0 Å². The van der Waals surface area contributed by atoms with E-state index >= 15 is 0 Å². The minimum Gasteiger partial charge on any atom is -0.493 e. The van der Waals surface area contributed by atoms with Crippen LogP contribution in [0.15, 0.2) is 18.2 Å². The van der Waals surface area contributed by atoms with Gasteiger partial charge in [0.05, 0.1) is 6.61 Å². The molecule has 0 spiro atoms. The lowest BCUT2D eigenvalue weighted by Crippen LogP contribution is -2.48. The molecule has 4 heteroatoms. The Labute approximate surface area is 125 Å². The molecule has 3 aliphatic rings. The molecule has 0 radical (unpaired) electrons. The highest BCUT2D eigenvalue weighted by Gasteiger charge is 2.34. The highest BCUT2D eigenvalue weighted by Crippen LogP contribution is 2.31. The number of nitrogens with zero attached hydrogens (tertiary/aromatic N) is 2. The van der Waals surface area contributed by atoms with Gasteiger partial charge >= 0.3 is 0 Å². The number of carbonyl (C=O) groups excluding carboxylic acids is 1. The summed E-state index contributed by atoms with van der Waals surface area (Å²) in [5, 5.41) is 0. The molecule has 2 aliphatic heterocycles. The van der Waals surface area contributed by atoms with Crippen molar-refractivity contribution in [3.63, 3.8) is 0 Å². The number of carbonyl (C=O) groups is 1. The lowest BCUT2D eigenvalue weighted by Gasteiger charge is -2.35. The number of hydrogen-bond donors (Lipinski definition) is 0. The summed E-state index contributed by atoms with van der Waals surface area (Å²) in [5.74, 6) is 1.80. The number of hydrogen-bond acceptors (Lipinski definition) is 3. The summed E-state index contributed by atoms with van der Waals surface area (Å²) < 4.78 is 5.55. The summed E-state index contributed by atoms with van der Waals surface area (Å²) in [4.78, 5) is 16.6. The van der Waals surface area contributed by atoms with Crippen LogP contribution >= 0.6 is 0 Å². The maximum atomic E-state index is 12.0. The molecule has 0 atom stereocenters. The Kier molecular flexibility index (Phi) is 3.34. The third kappa shape index (κ3) is 2.77. The van der Waals surface area contributed by atoms with E-state index < -0.39 is 0 Å². The van der Waals surface area contributed by atoms with Gasteiger partial charge in [-0.1, -0.05) is 12.1 Å². The van der Waals surface area contributed by atoms with E-state index in [2.05, 4.69) is 28.0 Å². The van der Waals surface area contributed by atoms with Gasteiger partial charge in [-0.3, -0.25) is 9.69 Å². The van der Waals surface area contributed by atoms with Crippen LogP contribution in [-0.4, -0.2) is 48.5 Å². The summed E-state index contributed by atoms with van der Waals surface area (Å²) in [6, 6.07) is 6.56. The summed E-state index contributed by atoms with van der Waals surface area (Å²) in [6.07, 6.45) is 3.25. The Morgan fingerprint density at radius 1 is 1.19 bits per heavy atom. The molecule has 1 aromatic carbocycles. The molecule has 1 saturated carbocycles. The first-order valence-corrected chi connectivity index (χ1v) is 8.05. The van der Waals surface area contributed by atoms with E-state index in [4.69, 9.17) is 4.74 Å². The van der Waals surface area contributed by atoms with Crippen LogP contribution in [0.2, 0.25) is 0 Å². The lowest BCUT2D eigenvalue weighted by atomic mass is 10.1. The summed E-state index contributed by atoms with van der Waals surface area (Å²) >= 11 is 0. The van der Waals surface area contributed by atoms with Crippen molar-refractivity contribution in [1.29, 1.82) is 0 Å². The molecule has 1 aliphatic carbocycles. The van der Waals surface area contributed by atoms with Crippen LogP contribution < -0.4 is 4.74 Å². The van der Waals surface area contributed by atoms with Gasteiger partial charge in [-0.25, -0.2) is 0 Å². The van der Waals surface area contributed by atoms with Crippen molar-refractivity contribution in [2.45, 2.75) is 25.8 Å². The van der Waals surface area contributed by atoms with Crippen molar-refractivity contribution in [3.05, 3.63) is 29.3 Å². The first kappa shape index (κ1) is 13.1. The second kappa shape index (κ2) is 5.34. The Morgan fingerprint density at radius 3 is 2.76 bits per heavy atom. The van der Waals surface area contributed by atoms with Crippen molar-refractivity contribution < 1.29 is 9.53 Å². The number of fused-ring (bicyclic) bond motifs is 1. The highest BCUT2D eigenvalue weighted by molar-refractivity contribution is 5.81. The van der Waals surface area contributed by atoms with Gasteiger partial charge in [-0.2, -0.15) is 0 Å². The van der Waals surface area contributed by atoms with Crippen molar-refractivity contribution >= 4 is 5.91 Å². The number of piperazine rings is 1. The Bertz CT molecular complexity index is 546. The monoisotopic (exact) mass is 286 g/mol. The van der Waals surface area contributed by atoms with Crippen LogP contribution in [0.3, 0.4) is 0 Å². The highest BCUT2D eigenvalue weighted by atomic mass is 16.5. The van der Waals surface area contributed by atoms with Crippen molar-refractivity contribution in [2.24, 2.45) is 5.92 Å². The molecule has 1 amide bonds. The Morgan fingerprint density at radius 2 is 2.00 bits per heavy atom. The van der Waals surface area contributed by atoms with E-state index in [9.17, 15) is 4.79 Å². The predicted octanol–water partition coefficient (Wildman–Crippen LogP) is 1.68. The second-order valence-corrected chi connectivity index (χ2v) is 6.42. The quantitative estimate of drug-likeness (QED) is 0.847. The smallest absolute Gasteiger partial charge is 0.225 e. The number of amides is 1. The van der Waals surface area contributed by atoms with Crippen LogP contribution in [0, 0.1) is 5.92 Å². The zero-order valence-corrected chi connectivity index (χ0v) is 12.4. The molecule has 0 unspecified atom stereocenters. The van der Waals surface area contributed by atoms with Crippen LogP contribution in [-0.2, 0) is 17.8 Å². The van der Waals surface area contributed by atoms with Gasteiger partial charge in [-0.15, -0.1) is 0 Å². The molecule has 0 N–H and O–H groups in total. The van der Waals surface area contributed by atoms with Gasteiger partial charge in [0.2, 0.25) is 5.91 Å². The molecular formula is C17H22N2O2. The first-order chi connectivity index (χ1) is 10.3. The average molecular weight is 286 g/mol. The third-order valence-electron chi connectivity index (χ3n) is 4.77. The molecule has 4 nitrogen and oxygen atoms in total. The Hall–Kier alpha value is -1.55. The van der Waals surface area contributed by atoms with Gasteiger partial charge < -0.3 is 9.64 Å². The van der Waals surface area contributed by atoms with E-state index in [1.807, 2.05) is 0 Å². The maximum Gasteiger partial charge on any atom is 0.225 e. The molecular weight excluding hydrogens is 264 g/mol. The topological polar surface area (TPSA) is 32.8 Å². The zero-order valence-electron chi connectivity index (χ0n) is 12.4. The van der Waals surface area contributed by atoms with Crippen molar-refractivity contribution in [1.82, 2.24) is 9.80 Å². The summed E-state index contributed by atoms with van der Waals surface area (Å²) in [7, 11) is 0. The van der Waals surface area contributed by atoms with Crippen LogP contribution in [0.25, 0.3) is 0 Å². The average Bonchev–Trinajstić information content (AvgIpc) is 3.26. The van der Waals surface area contributed by atoms with Crippen molar-refractivity contribution in [3.8, 4) is 5.75 Å². The van der Waals surface area contributed by atoms with Gasteiger partial charge in [0, 0.05) is 45.1 Å². The van der Waals surface area contributed by atoms with E-state index in [1.165, 1.54) is 11.1 Å². The molecule has 0 bridgehead atoms. The van der Waals surface area contributed by atoms with Crippen LogP contribution in [0.1, 0.15) is 24.0 Å². The van der Waals surface area contributed by atoms with Gasteiger partial charge in [0.1, 0.15) is 5.75 Å². The van der Waals surface area contributed by atoms with E-state index in [0.717, 1.165) is 64.3 Å². The number of rotatable bonds is 3. The normalized spacial score (nSPS) is 22.0. The molecule has 1 saturated heterocycles.